The van der Waals surface area contributed by atoms with Crippen LogP contribution >= 0.6 is 24.8 Å². The molecule has 0 fully saturated rings. The van der Waals surface area contributed by atoms with Gasteiger partial charge in [-0.05, 0) is 28.4 Å². The van der Waals surface area contributed by atoms with Crippen LogP contribution in [0.15, 0.2) is 48.6 Å². The maximum Gasteiger partial charge on any atom is 3.00 e. The number of fused-ring (bicyclic) bond motifs is 3. The molecule has 0 atom stereocenters. The van der Waals surface area contributed by atoms with Gasteiger partial charge in [0, 0.05) is 11.0 Å². The van der Waals surface area contributed by atoms with E-state index in [4.69, 9.17) is 0 Å². The minimum Gasteiger partial charge on any atom is -0.358 e. The molecular formula is C33H49Cl2SiZr. The van der Waals surface area contributed by atoms with E-state index < -0.39 is 0 Å². The molecular weight excluding hydrogens is 587 g/mol. The molecule has 37 heavy (non-hydrogen) atoms. The Morgan fingerprint density at radius 3 is 1.78 bits per heavy atom. The second kappa shape index (κ2) is 20.5. The van der Waals surface area contributed by atoms with Crippen molar-refractivity contribution in [2.45, 2.75) is 105 Å². The molecule has 0 N–H and O–H groups in total. The molecule has 0 aromatic heterocycles. The number of benzene rings is 2. The largest absolute Gasteiger partial charge is 3.00 e. The van der Waals surface area contributed by atoms with E-state index in [2.05, 4.69) is 104 Å². The molecule has 0 saturated carbocycles. The van der Waals surface area contributed by atoms with Gasteiger partial charge in [-0.1, -0.05) is 105 Å². The van der Waals surface area contributed by atoms with Crippen molar-refractivity contribution in [1.29, 1.82) is 0 Å². The summed E-state index contributed by atoms with van der Waals surface area (Å²) in [6, 6.07) is 15.2. The molecule has 0 aliphatic heterocycles. The average molecular weight is 636 g/mol. The van der Waals surface area contributed by atoms with Gasteiger partial charge in [0.1, 0.15) is 0 Å². The summed E-state index contributed by atoms with van der Waals surface area (Å²) in [5.41, 5.74) is 8.70. The molecule has 0 saturated heterocycles. The summed E-state index contributed by atoms with van der Waals surface area (Å²) in [6.07, 6.45) is 16.6. The van der Waals surface area contributed by atoms with E-state index in [0.717, 1.165) is 12.8 Å². The van der Waals surface area contributed by atoms with Crippen molar-refractivity contribution in [1.82, 2.24) is 0 Å². The Labute approximate surface area is 266 Å². The van der Waals surface area contributed by atoms with Gasteiger partial charge in [-0.2, -0.15) is 29.8 Å². The molecule has 4 heteroatoms. The molecule has 2 aromatic carbocycles. The standard InChI is InChI=1S/C21H25.C6H14.C5H5.CH3.2ClH.Si.Zr/c1-20(2,3)16-7-9-18-14(12-16)11-15-13-17(21(4,5)6)8-10-19(15)18;1-3-5-6-4-2;1-2-4-5-3-1;;;;;/h7-10,12H,11H2,1-6H3;3-6H2,1-2H3;1-3H,4H2;1H3;2*1H;;/q-1;;2*-1;;;;+3. The van der Waals surface area contributed by atoms with Gasteiger partial charge in [0.2, 0.25) is 0 Å². The quantitative estimate of drug-likeness (QED) is 0.153. The normalized spacial score (nSPS) is 11.8. The molecule has 0 nitrogen and oxygen atoms in total. The molecule has 0 bridgehead atoms. The smallest absolute Gasteiger partial charge is 0.358 e. The third-order valence-corrected chi connectivity index (χ3v) is 6.01. The van der Waals surface area contributed by atoms with Crippen LogP contribution in [-0.4, -0.2) is 11.0 Å². The Hall–Kier alpha value is -0.400. The van der Waals surface area contributed by atoms with Crippen LogP contribution in [0, 0.1) is 19.6 Å². The fourth-order valence-electron chi connectivity index (χ4n) is 3.87. The molecule has 2 aromatic rings. The molecule has 4 rings (SSSR count). The monoisotopic (exact) mass is 633 g/mol. The third kappa shape index (κ3) is 14.0. The number of halogens is 2. The maximum absolute atomic E-state index is 3.67. The predicted octanol–water partition coefficient (Wildman–Crippen LogP) is 10.5. The first-order chi connectivity index (χ1) is 15.1. The first kappa shape index (κ1) is 43.6. The second-order valence-corrected chi connectivity index (χ2v) is 11.0. The van der Waals surface area contributed by atoms with Gasteiger partial charge in [0.25, 0.3) is 0 Å². The number of hydrogen-bond donors (Lipinski definition) is 0. The van der Waals surface area contributed by atoms with Crippen LogP contribution in [-0.2, 0) is 43.5 Å². The summed E-state index contributed by atoms with van der Waals surface area (Å²) in [5, 5.41) is 0. The fourth-order valence-corrected chi connectivity index (χ4v) is 3.87. The minimum atomic E-state index is 0. The second-order valence-electron chi connectivity index (χ2n) is 11.0. The first-order valence-electron chi connectivity index (χ1n) is 12.5. The van der Waals surface area contributed by atoms with Gasteiger partial charge in [-0.15, -0.1) is 42.4 Å². The van der Waals surface area contributed by atoms with E-state index in [9.17, 15) is 0 Å². The van der Waals surface area contributed by atoms with E-state index in [1.807, 2.05) is 12.2 Å². The zero-order valence-corrected chi connectivity index (χ0v) is 29.8. The van der Waals surface area contributed by atoms with Gasteiger partial charge in [-0.25, -0.2) is 12.2 Å². The first-order valence-corrected chi connectivity index (χ1v) is 12.5. The number of allylic oxidation sites excluding steroid dienone is 4. The van der Waals surface area contributed by atoms with Gasteiger partial charge < -0.3 is 7.43 Å². The van der Waals surface area contributed by atoms with Crippen LogP contribution in [0.5, 0.6) is 0 Å². The molecule has 0 unspecified atom stereocenters. The van der Waals surface area contributed by atoms with Crippen LogP contribution in [0.4, 0.5) is 0 Å². The molecule has 2 aliphatic rings. The molecule has 0 heterocycles. The number of rotatable bonds is 3. The summed E-state index contributed by atoms with van der Waals surface area (Å²) in [5.74, 6) is 0. The van der Waals surface area contributed by atoms with Crippen molar-refractivity contribution in [2.24, 2.45) is 0 Å². The molecule has 0 spiro atoms. The van der Waals surface area contributed by atoms with Gasteiger partial charge in [0.05, 0.1) is 0 Å². The molecule has 0 amide bonds. The summed E-state index contributed by atoms with van der Waals surface area (Å²) in [7, 11) is 0. The Bertz CT molecular complexity index is 859. The van der Waals surface area contributed by atoms with Gasteiger partial charge in [-0.3, -0.25) is 6.08 Å². The van der Waals surface area contributed by atoms with Crippen LogP contribution in [0.2, 0.25) is 0 Å². The zero-order chi connectivity index (χ0) is 23.8. The van der Waals surface area contributed by atoms with Crippen LogP contribution in [0.3, 0.4) is 0 Å². The Morgan fingerprint density at radius 2 is 1.38 bits per heavy atom. The van der Waals surface area contributed by atoms with E-state index in [1.54, 1.807) is 0 Å². The van der Waals surface area contributed by atoms with Crippen LogP contribution in [0.1, 0.15) is 110 Å². The van der Waals surface area contributed by atoms with E-state index in [-0.39, 0.29) is 80.2 Å². The summed E-state index contributed by atoms with van der Waals surface area (Å²) in [6.45, 7) is 18.1. The predicted molar refractivity (Wildman–Crippen MR) is 169 cm³/mol. The van der Waals surface area contributed by atoms with Crippen molar-refractivity contribution in [3.05, 3.63) is 90.4 Å². The van der Waals surface area contributed by atoms with E-state index >= 15 is 0 Å². The Kier molecular flexibility index (Phi) is 24.2. The molecule has 2 aliphatic carbocycles. The minimum absolute atomic E-state index is 0. The Balaban J connectivity index is -0.000000290. The van der Waals surface area contributed by atoms with Crippen molar-refractivity contribution in [3.8, 4) is 11.1 Å². The molecule has 5 radical (unpaired) electrons. The van der Waals surface area contributed by atoms with Crippen molar-refractivity contribution >= 4 is 35.8 Å². The maximum atomic E-state index is 3.67. The average Bonchev–Trinajstić information content (AvgIpc) is 3.41. The molecule has 203 valence electrons. The van der Waals surface area contributed by atoms with Crippen LogP contribution in [0.25, 0.3) is 11.1 Å². The fraction of sp³-hybridized carbons (Fsp3) is 0.485. The zero-order valence-electron chi connectivity index (χ0n) is 24.7. The summed E-state index contributed by atoms with van der Waals surface area (Å²) >= 11 is 0. The van der Waals surface area contributed by atoms with Crippen molar-refractivity contribution < 1.29 is 26.2 Å². The third-order valence-electron chi connectivity index (χ3n) is 6.01. The SMILES string of the molecule is CC(C)(C)c1[c-]c2c(cc1)-c1ccc(C(C)(C)C)cc1C2.CCCCCC.Cl.Cl.[C-]1=CC=CC1.[CH3-].[Si].[Zr+3]. The van der Waals surface area contributed by atoms with Crippen molar-refractivity contribution in [3.63, 3.8) is 0 Å². The topological polar surface area (TPSA) is 0 Å². The summed E-state index contributed by atoms with van der Waals surface area (Å²) < 4.78 is 0. The summed E-state index contributed by atoms with van der Waals surface area (Å²) in [4.78, 5) is 0. The van der Waals surface area contributed by atoms with E-state index in [1.165, 1.54) is 59.1 Å². The van der Waals surface area contributed by atoms with Crippen molar-refractivity contribution in [2.75, 3.05) is 0 Å². The van der Waals surface area contributed by atoms with Gasteiger partial charge in [0.15, 0.2) is 0 Å². The Morgan fingerprint density at radius 1 is 0.811 bits per heavy atom. The number of hydrogen-bond acceptors (Lipinski definition) is 0. The van der Waals surface area contributed by atoms with E-state index in [0.29, 0.717) is 0 Å². The van der Waals surface area contributed by atoms with Gasteiger partial charge >= 0.3 is 26.2 Å². The van der Waals surface area contributed by atoms with Crippen LogP contribution < -0.4 is 0 Å². The number of unbranched alkanes of at least 4 members (excludes halogenated alkanes) is 3.